The van der Waals surface area contributed by atoms with Crippen molar-refractivity contribution >= 4 is 11.3 Å². The number of nitrogens with zero attached hydrogens (tertiary/aromatic N) is 1. The van der Waals surface area contributed by atoms with Crippen molar-refractivity contribution in [2.24, 2.45) is 5.73 Å². The summed E-state index contributed by atoms with van der Waals surface area (Å²) < 4.78 is 14.1. The van der Waals surface area contributed by atoms with Crippen LogP contribution >= 0.6 is 11.3 Å². The molecule has 2 atom stereocenters. The number of thiophene rings is 1. The van der Waals surface area contributed by atoms with Crippen molar-refractivity contribution in [3.05, 3.63) is 58.0 Å². The van der Waals surface area contributed by atoms with Crippen LogP contribution in [0.2, 0.25) is 0 Å². The molecule has 0 bridgehead atoms. The molecule has 2 rings (SSSR count). The van der Waals surface area contributed by atoms with Crippen LogP contribution in [0.1, 0.15) is 30.3 Å². The van der Waals surface area contributed by atoms with Crippen LogP contribution < -0.4 is 5.73 Å². The highest BCUT2D eigenvalue weighted by atomic mass is 32.1. The van der Waals surface area contributed by atoms with Gasteiger partial charge in [-0.1, -0.05) is 31.2 Å². The molecule has 2 N–H and O–H groups in total. The van der Waals surface area contributed by atoms with Gasteiger partial charge in [0, 0.05) is 23.0 Å². The van der Waals surface area contributed by atoms with E-state index in [1.807, 2.05) is 25.1 Å². The standard InChI is InChI=1S/C16H21FN2S/c1-3-19(11-13-7-6-10-20-13)16(12(2)18)14-8-4-5-9-15(14)17/h4-10,12,16H,3,11,18H2,1-2H3. The Labute approximate surface area is 124 Å². The molecule has 2 unspecified atom stereocenters. The minimum atomic E-state index is -0.181. The van der Waals surface area contributed by atoms with Gasteiger partial charge in [0.05, 0.1) is 6.04 Å². The lowest BCUT2D eigenvalue weighted by atomic mass is 9.98. The molecule has 0 aliphatic rings. The Morgan fingerprint density at radius 3 is 2.55 bits per heavy atom. The summed E-state index contributed by atoms with van der Waals surface area (Å²) in [6.07, 6.45) is 0. The molecule has 2 aromatic rings. The molecule has 1 aromatic carbocycles. The Kier molecular flexibility index (Phi) is 5.29. The quantitative estimate of drug-likeness (QED) is 0.877. The SMILES string of the molecule is CCN(Cc1cccs1)C(c1ccccc1F)C(C)N. The normalized spacial score (nSPS) is 14.4. The molecule has 0 fully saturated rings. The van der Waals surface area contributed by atoms with Crippen LogP contribution in [0.25, 0.3) is 0 Å². The summed E-state index contributed by atoms with van der Waals surface area (Å²) in [6, 6.07) is 10.8. The molecule has 1 aromatic heterocycles. The summed E-state index contributed by atoms with van der Waals surface area (Å²) in [5.41, 5.74) is 6.82. The van der Waals surface area contributed by atoms with E-state index in [0.29, 0.717) is 5.56 Å². The van der Waals surface area contributed by atoms with E-state index in [-0.39, 0.29) is 17.9 Å². The van der Waals surface area contributed by atoms with Crippen molar-refractivity contribution in [1.29, 1.82) is 0 Å². The summed E-state index contributed by atoms with van der Waals surface area (Å²) in [4.78, 5) is 3.50. The van der Waals surface area contributed by atoms with E-state index in [2.05, 4.69) is 23.3 Å². The molecule has 0 saturated heterocycles. The molecule has 0 radical (unpaired) electrons. The molecule has 0 aliphatic carbocycles. The van der Waals surface area contributed by atoms with E-state index < -0.39 is 0 Å². The molecule has 0 aliphatic heterocycles. The van der Waals surface area contributed by atoms with Gasteiger partial charge in [0.25, 0.3) is 0 Å². The number of likely N-dealkylation sites (N-methyl/N-ethyl adjacent to an activating group) is 1. The second kappa shape index (κ2) is 6.97. The Balaban J connectivity index is 2.29. The first kappa shape index (κ1) is 15.2. The molecular formula is C16H21FN2S. The Morgan fingerprint density at radius 2 is 2.00 bits per heavy atom. The van der Waals surface area contributed by atoms with Gasteiger partial charge in [0.15, 0.2) is 0 Å². The molecule has 0 saturated carbocycles. The van der Waals surface area contributed by atoms with E-state index >= 15 is 0 Å². The first-order valence-corrected chi connectivity index (χ1v) is 7.78. The van der Waals surface area contributed by atoms with Gasteiger partial charge in [0.2, 0.25) is 0 Å². The molecule has 108 valence electrons. The van der Waals surface area contributed by atoms with Crippen LogP contribution in [-0.4, -0.2) is 17.5 Å². The monoisotopic (exact) mass is 292 g/mol. The fourth-order valence-corrected chi connectivity index (χ4v) is 3.27. The minimum absolute atomic E-state index is 0.108. The fourth-order valence-electron chi connectivity index (χ4n) is 2.54. The van der Waals surface area contributed by atoms with E-state index in [4.69, 9.17) is 5.73 Å². The van der Waals surface area contributed by atoms with Crippen molar-refractivity contribution < 1.29 is 4.39 Å². The Hall–Kier alpha value is -1.23. The number of nitrogens with two attached hydrogens (primary N) is 1. The molecule has 2 nitrogen and oxygen atoms in total. The number of hydrogen-bond acceptors (Lipinski definition) is 3. The van der Waals surface area contributed by atoms with Crippen molar-refractivity contribution in [1.82, 2.24) is 4.90 Å². The van der Waals surface area contributed by atoms with Gasteiger partial charge in [-0.2, -0.15) is 0 Å². The van der Waals surface area contributed by atoms with Crippen LogP contribution in [0.3, 0.4) is 0 Å². The van der Waals surface area contributed by atoms with Crippen LogP contribution in [0.5, 0.6) is 0 Å². The van der Waals surface area contributed by atoms with E-state index in [1.54, 1.807) is 17.4 Å². The predicted octanol–water partition coefficient (Wildman–Crippen LogP) is 3.80. The molecule has 1 heterocycles. The summed E-state index contributed by atoms with van der Waals surface area (Å²) in [7, 11) is 0. The van der Waals surface area contributed by atoms with Gasteiger partial charge in [-0.15, -0.1) is 11.3 Å². The van der Waals surface area contributed by atoms with Crippen LogP contribution in [0.4, 0.5) is 4.39 Å². The fraction of sp³-hybridized carbons (Fsp3) is 0.375. The highest BCUT2D eigenvalue weighted by Crippen LogP contribution is 2.28. The van der Waals surface area contributed by atoms with Crippen molar-refractivity contribution in [3.8, 4) is 0 Å². The summed E-state index contributed by atoms with van der Waals surface area (Å²) in [5.74, 6) is -0.181. The smallest absolute Gasteiger partial charge is 0.128 e. The number of rotatable bonds is 6. The third-order valence-corrected chi connectivity index (χ3v) is 4.32. The Morgan fingerprint density at radius 1 is 1.25 bits per heavy atom. The van der Waals surface area contributed by atoms with E-state index in [0.717, 1.165) is 13.1 Å². The van der Waals surface area contributed by atoms with Gasteiger partial charge in [-0.05, 0) is 31.0 Å². The zero-order valence-corrected chi connectivity index (χ0v) is 12.7. The number of benzene rings is 1. The maximum absolute atomic E-state index is 14.1. The lowest BCUT2D eigenvalue weighted by molar-refractivity contribution is 0.175. The van der Waals surface area contributed by atoms with Crippen LogP contribution in [0.15, 0.2) is 41.8 Å². The second-order valence-corrected chi connectivity index (χ2v) is 6.00. The zero-order chi connectivity index (χ0) is 14.5. The largest absolute Gasteiger partial charge is 0.326 e. The third-order valence-electron chi connectivity index (χ3n) is 3.46. The van der Waals surface area contributed by atoms with Crippen molar-refractivity contribution in [2.45, 2.75) is 32.5 Å². The average molecular weight is 292 g/mol. The van der Waals surface area contributed by atoms with Gasteiger partial charge < -0.3 is 5.73 Å². The highest BCUT2D eigenvalue weighted by Gasteiger charge is 2.25. The zero-order valence-electron chi connectivity index (χ0n) is 11.9. The maximum atomic E-state index is 14.1. The molecule has 20 heavy (non-hydrogen) atoms. The van der Waals surface area contributed by atoms with Gasteiger partial charge in [0.1, 0.15) is 5.82 Å². The highest BCUT2D eigenvalue weighted by molar-refractivity contribution is 7.09. The molecule has 0 spiro atoms. The van der Waals surface area contributed by atoms with Crippen LogP contribution in [0, 0.1) is 5.82 Å². The van der Waals surface area contributed by atoms with E-state index in [1.165, 1.54) is 10.9 Å². The topological polar surface area (TPSA) is 29.3 Å². The van der Waals surface area contributed by atoms with Crippen molar-refractivity contribution in [2.75, 3.05) is 6.54 Å². The third kappa shape index (κ3) is 3.45. The van der Waals surface area contributed by atoms with Gasteiger partial charge >= 0.3 is 0 Å². The molecule has 0 amide bonds. The lowest BCUT2D eigenvalue weighted by Gasteiger charge is -2.33. The number of halogens is 1. The van der Waals surface area contributed by atoms with Crippen molar-refractivity contribution in [3.63, 3.8) is 0 Å². The summed E-state index contributed by atoms with van der Waals surface area (Å²) >= 11 is 1.72. The van der Waals surface area contributed by atoms with E-state index in [9.17, 15) is 4.39 Å². The molecule has 4 heteroatoms. The van der Waals surface area contributed by atoms with Gasteiger partial charge in [-0.25, -0.2) is 4.39 Å². The predicted molar refractivity (Wildman–Crippen MR) is 83.2 cm³/mol. The molecular weight excluding hydrogens is 271 g/mol. The number of hydrogen-bond donors (Lipinski definition) is 1. The summed E-state index contributed by atoms with van der Waals surface area (Å²) in [6.45, 7) is 5.66. The lowest BCUT2D eigenvalue weighted by Crippen LogP contribution is -2.39. The van der Waals surface area contributed by atoms with Gasteiger partial charge in [-0.3, -0.25) is 4.90 Å². The second-order valence-electron chi connectivity index (χ2n) is 4.97. The maximum Gasteiger partial charge on any atom is 0.128 e. The average Bonchev–Trinajstić information content (AvgIpc) is 2.92. The minimum Gasteiger partial charge on any atom is -0.326 e. The first-order chi connectivity index (χ1) is 9.63. The summed E-state index contributed by atoms with van der Waals surface area (Å²) in [5, 5.41) is 2.06. The van der Waals surface area contributed by atoms with Crippen LogP contribution in [-0.2, 0) is 6.54 Å². The Bertz CT molecular complexity index is 525. The first-order valence-electron chi connectivity index (χ1n) is 6.90.